The van der Waals surface area contributed by atoms with Gasteiger partial charge in [0.05, 0.1) is 26.2 Å². The summed E-state index contributed by atoms with van der Waals surface area (Å²) in [6.45, 7) is 0. The number of hydrogen-bond acceptors (Lipinski definition) is 4. The monoisotopic (exact) mass is 430 g/mol. The molecule has 26 heavy (non-hydrogen) atoms. The first-order valence-electron chi connectivity index (χ1n) is 7.58. The molecule has 3 aromatic rings. The summed E-state index contributed by atoms with van der Waals surface area (Å²) >= 11 is 3.10. The van der Waals surface area contributed by atoms with Crippen molar-refractivity contribution < 1.29 is 18.0 Å². The Morgan fingerprint density at radius 2 is 1.54 bits per heavy atom. The zero-order valence-corrected chi connectivity index (χ0v) is 15.5. The molecule has 0 unspecified atom stereocenters. The van der Waals surface area contributed by atoms with Crippen molar-refractivity contribution in [3.63, 3.8) is 0 Å². The van der Waals surface area contributed by atoms with E-state index in [1.807, 2.05) is 0 Å². The second-order valence-electron chi connectivity index (χ2n) is 5.64. The van der Waals surface area contributed by atoms with Crippen molar-refractivity contribution in [1.82, 2.24) is 9.29 Å². The summed E-state index contributed by atoms with van der Waals surface area (Å²) in [5.74, 6) is -1.24. The molecule has 0 saturated carbocycles. The third kappa shape index (κ3) is 2.41. The Bertz CT molecular complexity index is 1210. The smallest absolute Gasteiger partial charge is 0.268 e. The van der Waals surface area contributed by atoms with E-state index in [0.717, 1.165) is 3.97 Å². The zero-order valence-electron chi connectivity index (χ0n) is 13.1. The molecule has 2 heterocycles. The number of aromatic nitrogens is 1. The van der Waals surface area contributed by atoms with Gasteiger partial charge in [-0.25, -0.2) is 12.4 Å². The van der Waals surface area contributed by atoms with Gasteiger partial charge in [0.1, 0.15) is 0 Å². The molecule has 2 amide bonds. The van der Waals surface area contributed by atoms with E-state index in [1.165, 1.54) is 12.1 Å². The standard InChI is InChI=1S/C18H11BrN2O4S/c19-16-15(17(22)20-18(16)23)14-10-11-6-4-5-9-13(11)21(14)26(24,25)12-7-2-1-3-8-12/h1-10H,(H,20,22,23). The number of carbonyl (C=O) groups is 2. The van der Waals surface area contributed by atoms with Crippen molar-refractivity contribution in [1.29, 1.82) is 0 Å². The third-order valence-corrected chi connectivity index (χ3v) is 6.58. The molecule has 0 aliphatic carbocycles. The molecule has 4 rings (SSSR count). The minimum atomic E-state index is -3.98. The highest BCUT2D eigenvalue weighted by molar-refractivity contribution is 9.12. The minimum absolute atomic E-state index is 0.00861. The van der Waals surface area contributed by atoms with Crippen molar-refractivity contribution in [2.24, 2.45) is 0 Å². The number of imide groups is 1. The van der Waals surface area contributed by atoms with Gasteiger partial charge in [-0.1, -0.05) is 36.4 Å². The number of benzene rings is 2. The lowest BCUT2D eigenvalue weighted by Crippen LogP contribution is -2.23. The SMILES string of the molecule is O=C1NC(=O)C(c2cc3ccccc3n2S(=O)(=O)c2ccccc2)=C1Br. The minimum Gasteiger partial charge on any atom is -0.288 e. The molecule has 8 heteroatoms. The van der Waals surface area contributed by atoms with Gasteiger partial charge in [0, 0.05) is 5.39 Å². The summed E-state index contributed by atoms with van der Waals surface area (Å²) in [5.41, 5.74) is 0.544. The molecule has 6 nitrogen and oxygen atoms in total. The summed E-state index contributed by atoms with van der Waals surface area (Å²) in [6.07, 6.45) is 0. The number of para-hydroxylation sites is 1. The maximum atomic E-state index is 13.3. The van der Waals surface area contributed by atoms with Gasteiger partial charge in [-0.2, -0.15) is 0 Å². The predicted octanol–water partition coefficient (Wildman–Crippen LogP) is 2.64. The number of fused-ring (bicyclic) bond motifs is 1. The van der Waals surface area contributed by atoms with Gasteiger partial charge >= 0.3 is 0 Å². The van der Waals surface area contributed by atoms with Gasteiger partial charge < -0.3 is 0 Å². The Morgan fingerprint density at radius 3 is 2.19 bits per heavy atom. The number of nitrogens with zero attached hydrogens (tertiary/aromatic N) is 1. The molecular weight excluding hydrogens is 420 g/mol. The van der Waals surface area contributed by atoms with Crippen LogP contribution >= 0.6 is 15.9 Å². The van der Waals surface area contributed by atoms with Crippen LogP contribution in [0.25, 0.3) is 16.5 Å². The highest BCUT2D eigenvalue weighted by Gasteiger charge is 2.34. The number of nitrogens with one attached hydrogen (secondary N) is 1. The normalized spacial score (nSPS) is 15.0. The fourth-order valence-corrected chi connectivity index (χ4v) is 4.95. The molecule has 2 aromatic carbocycles. The first-order chi connectivity index (χ1) is 12.4. The molecule has 1 aromatic heterocycles. The fraction of sp³-hybridized carbons (Fsp3) is 0. The first-order valence-corrected chi connectivity index (χ1v) is 9.81. The van der Waals surface area contributed by atoms with E-state index in [9.17, 15) is 18.0 Å². The van der Waals surface area contributed by atoms with Crippen LogP contribution in [0, 0.1) is 0 Å². The number of carbonyl (C=O) groups excluding carboxylic acids is 2. The van der Waals surface area contributed by atoms with Gasteiger partial charge in [-0.3, -0.25) is 14.9 Å². The van der Waals surface area contributed by atoms with Crippen LogP contribution in [0.3, 0.4) is 0 Å². The van der Waals surface area contributed by atoms with E-state index in [1.54, 1.807) is 48.5 Å². The molecule has 0 spiro atoms. The maximum absolute atomic E-state index is 13.3. The van der Waals surface area contributed by atoms with Crippen molar-refractivity contribution >= 4 is 54.2 Å². The molecular formula is C18H11BrN2O4S. The van der Waals surface area contributed by atoms with Crippen LogP contribution < -0.4 is 5.32 Å². The molecule has 0 atom stereocenters. The Balaban J connectivity index is 2.10. The molecule has 0 radical (unpaired) electrons. The molecule has 1 aliphatic rings. The van der Waals surface area contributed by atoms with Crippen molar-refractivity contribution in [2.75, 3.05) is 0 Å². The number of rotatable bonds is 3. The lowest BCUT2D eigenvalue weighted by molar-refractivity contribution is -0.123. The van der Waals surface area contributed by atoms with E-state index in [0.29, 0.717) is 10.9 Å². The van der Waals surface area contributed by atoms with Crippen LogP contribution in [0.1, 0.15) is 5.69 Å². The van der Waals surface area contributed by atoms with Gasteiger partial charge in [0.25, 0.3) is 21.8 Å². The maximum Gasteiger partial charge on any atom is 0.268 e. The Morgan fingerprint density at radius 1 is 0.885 bits per heavy atom. The van der Waals surface area contributed by atoms with Crippen molar-refractivity contribution in [3.05, 3.63) is 70.8 Å². The Kier molecular flexibility index (Phi) is 3.82. The summed E-state index contributed by atoms with van der Waals surface area (Å²) < 4.78 is 27.7. The molecule has 130 valence electrons. The van der Waals surface area contributed by atoms with E-state index < -0.39 is 21.8 Å². The average Bonchev–Trinajstić information content (AvgIpc) is 3.13. The largest absolute Gasteiger partial charge is 0.288 e. The topological polar surface area (TPSA) is 85.2 Å². The number of hydrogen-bond donors (Lipinski definition) is 1. The first kappa shape index (κ1) is 16.7. The molecule has 0 fully saturated rings. The Hall–Kier alpha value is -2.71. The van der Waals surface area contributed by atoms with Crippen molar-refractivity contribution in [3.8, 4) is 0 Å². The van der Waals surface area contributed by atoms with E-state index in [2.05, 4.69) is 21.2 Å². The lowest BCUT2D eigenvalue weighted by atomic mass is 10.2. The van der Waals surface area contributed by atoms with Crippen LogP contribution in [-0.2, 0) is 19.6 Å². The summed E-state index contributed by atoms with van der Waals surface area (Å²) in [7, 11) is -3.98. The third-order valence-electron chi connectivity index (χ3n) is 4.08. The quantitative estimate of drug-likeness (QED) is 0.647. The highest BCUT2D eigenvalue weighted by Crippen LogP contribution is 2.34. The molecule has 0 saturated heterocycles. The van der Waals surface area contributed by atoms with Crippen molar-refractivity contribution in [2.45, 2.75) is 4.90 Å². The molecule has 0 bridgehead atoms. The van der Waals surface area contributed by atoms with Crippen LogP contribution in [0.2, 0.25) is 0 Å². The van der Waals surface area contributed by atoms with Gasteiger partial charge in [0.15, 0.2) is 0 Å². The Labute approximate surface area is 157 Å². The lowest BCUT2D eigenvalue weighted by Gasteiger charge is -2.12. The van der Waals surface area contributed by atoms with E-state index >= 15 is 0 Å². The second-order valence-corrected chi connectivity index (χ2v) is 8.22. The summed E-state index contributed by atoms with van der Waals surface area (Å²) in [5, 5.41) is 2.81. The van der Waals surface area contributed by atoms with E-state index in [4.69, 9.17) is 0 Å². The zero-order chi connectivity index (χ0) is 18.5. The number of halogens is 1. The number of amides is 2. The highest BCUT2D eigenvalue weighted by atomic mass is 79.9. The van der Waals surface area contributed by atoms with Gasteiger partial charge in [-0.15, -0.1) is 0 Å². The second kappa shape index (κ2) is 5.93. The van der Waals surface area contributed by atoms with Gasteiger partial charge in [-0.05, 0) is 40.2 Å². The summed E-state index contributed by atoms with van der Waals surface area (Å²) in [6, 6.07) is 16.4. The van der Waals surface area contributed by atoms with Crippen LogP contribution in [-0.4, -0.2) is 24.2 Å². The van der Waals surface area contributed by atoms with Gasteiger partial charge in [0.2, 0.25) is 0 Å². The molecule has 1 aliphatic heterocycles. The van der Waals surface area contributed by atoms with E-state index in [-0.39, 0.29) is 20.6 Å². The summed E-state index contributed by atoms with van der Waals surface area (Å²) in [4.78, 5) is 24.2. The fourth-order valence-electron chi connectivity index (χ4n) is 2.92. The van der Waals surface area contributed by atoms with Crippen LogP contribution in [0.15, 0.2) is 70.0 Å². The van der Waals surface area contributed by atoms with Crippen LogP contribution in [0.4, 0.5) is 0 Å². The average molecular weight is 431 g/mol. The molecule has 1 N–H and O–H groups in total. The predicted molar refractivity (Wildman–Crippen MR) is 100.0 cm³/mol. The van der Waals surface area contributed by atoms with Crippen LogP contribution in [0.5, 0.6) is 0 Å².